The van der Waals surface area contributed by atoms with Crippen LogP contribution in [0, 0.1) is 3.57 Å². The highest BCUT2D eigenvalue weighted by atomic mass is 127. The van der Waals surface area contributed by atoms with Gasteiger partial charge in [-0.3, -0.25) is 9.10 Å². The Balaban J connectivity index is 2.54. The lowest BCUT2D eigenvalue weighted by Gasteiger charge is -2.23. The van der Waals surface area contributed by atoms with Gasteiger partial charge in [0.2, 0.25) is 10.0 Å². The molecule has 2 rings (SSSR count). The van der Waals surface area contributed by atoms with E-state index in [9.17, 15) is 13.2 Å². The molecule has 27 heavy (non-hydrogen) atoms. The molecular weight excluding hydrogens is 483 g/mol. The molecule has 2 aromatic carbocycles. The van der Waals surface area contributed by atoms with Gasteiger partial charge < -0.3 is 14.8 Å². The number of nitrogens with zero attached hydrogens (tertiary/aromatic N) is 1. The fourth-order valence-corrected chi connectivity index (χ4v) is 3.58. The molecule has 0 aromatic heterocycles. The van der Waals surface area contributed by atoms with Gasteiger partial charge in [-0.05, 0) is 59.8 Å². The first-order valence-corrected chi connectivity index (χ1v) is 10.7. The number of methoxy groups -OCH3 is 2. The normalized spacial score (nSPS) is 11.0. The number of carbonyl (C=O) groups is 1. The van der Waals surface area contributed by atoms with Crippen molar-refractivity contribution in [1.29, 1.82) is 0 Å². The average Bonchev–Trinajstić information content (AvgIpc) is 2.67. The van der Waals surface area contributed by atoms with Gasteiger partial charge in [0.15, 0.2) is 11.5 Å². The molecular formula is C18H21IN2O5S. The maximum Gasteiger partial charge on any atom is 0.257 e. The molecule has 7 nitrogen and oxygen atoms in total. The monoisotopic (exact) mass is 504 g/mol. The van der Waals surface area contributed by atoms with Crippen molar-refractivity contribution in [2.24, 2.45) is 0 Å². The summed E-state index contributed by atoms with van der Waals surface area (Å²) in [6.07, 6.45) is 0. The van der Waals surface area contributed by atoms with Gasteiger partial charge in [-0.25, -0.2) is 8.42 Å². The largest absolute Gasteiger partial charge is 0.493 e. The van der Waals surface area contributed by atoms with Gasteiger partial charge >= 0.3 is 0 Å². The topological polar surface area (TPSA) is 84.9 Å². The Hall–Kier alpha value is -2.01. The van der Waals surface area contributed by atoms with Crippen LogP contribution in [-0.4, -0.2) is 41.3 Å². The summed E-state index contributed by atoms with van der Waals surface area (Å²) in [5.41, 5.74) is 0.963. The predicted octanol–water partition coefficient (Wildman–Crippen LogP) is 3.35. The maximum atomic E-state index is 12.9. The Morgan fingerprint density at radius 2 is 1.67 bits per heavy atom. The maximum absolute atomic E-state index is 12.9. The number of halogens is 1. The third kappa shape index (κ3) is 4.83. The number of nitrogens with one attached hydrogen (secondary N) is 1. The van der Waals surface area contributed by atoms with E-state index >= 15 is 0 Å². The van der Waals surface area contributed by atoms with Crippen LogP contribution in [0.3, 0.4) is 0 Å². The van der Waals surface area contributed by atoms with Crippen LogP contribution in [0.1, 0.15) is 17.3 Å². The molecule has 0 unspecified atom stereocenters. The molecule has 2 aromatic rings. The van der Waals surface area contributed by atoms with E-state index in [2.05, 4.69) is 27.9 Å². The average molecular weight is 504 g/mol. The molecule has 0 aliphatic carbocycles. The highest BCUT2D eigenvalue weighted by Gasteiger charge is 2.25. The van der Waals surface area contributed by atoms with Gasteiger partial charge in [0, 0.05) is 22.4 Å². The second-order valence-corrected chi connectivity index (χ2v) is 9.09. The van der Waals surface area contributed by atoms with Gasteiger partial charge in [0.05, 0.1) is 31.2 Å². The van der Waals surface area contributed by atoms with Gasteiger partial charge in [-0.1, -0.05) is 0 Å². The second-order valence-electron chi connectivity index (χ2n) is 5.55. The van der Waals surface area contributed by atoms with E-state index < -0.39 is 15.9 Å². The summed E-state index contributed by atoms with van der Waals surface area (Å²) in [6, 6.07) is 10.2. The van der Waals surface area contributed by atoms with E-state index in [-0.39, 0.29) is 17.0 Å². The zero-order valence-corrected chi connectivity index (χ0v) is 18.4. The van der Waals surface area contributed by atoms with Gasteiger partial charge in [0.25, 0.3) is 5.91 Å². The van der Waals surface area contributed by atoms with Crippen molar-refractivity contribution in [2.75, 3.05) is 36.6 Å². The Kier molecular flexibility index (Phi) is 6.93. The fraction of sp³-hybridized carbons (Fsp3) is 0.278. The van der Waals surface area contributed by atoms with E-state index in [4.69, 9.17) is 9.47 Å². The molecule has 0 saturated carbocycles. The Morgan fingerprint density at radius 3 is 2.19 bits per heavy atom. The molecule has 0 heterocycles. The molecule has 0 spiro atoms. The highest BCUT2D eigenvalue weighted by molar-refractivity contribution is 14.1. The third-order valence-corrected chi connectivity index (χ3v) is 6.45. The molecule has 9 heteroatoms. The highest BCUT2D eigenvalue weighted by Crippen LogP contribution is 2.36. The number of benzene rings is 2. The number of hydrogen-bond acceptors (Lipinski definition) is 5. The van der Waals surface area contributed by atoms with E-state index in [1.54, 1.807) is 12.1 Å². The van der Waals surface area contributed by atoms with Gasteiger partial charge in [-0.2, -0.15) is 0 Å². The van der Waals surface area contributed by atoms with Crippen LogP contribution in [0.5, 0.6) is 11.5 Å². The molecule has 0 atom stereocenters. The number of anilines is 2. The Morgan fingerprint density at radius 1 is 1.11 bits per heavy atom. The Bertz CT molecular complexity index is 930. The van der Waals surface area contributed by atoms with Crippen LogP contribution in [0.4, 0.5) is 11.4 Å². The molecule has 0 aliphatic heterocycles. The van der Waals surface area contributed by atoms with E-state index in [1.165, 1.54) is 40.3 Å². The first-order chi connectivity index (χ1) is 12.7. The SMILES string of the molecule is CCS(=O)(=O)N(C)c1cc(OC)c(OC)cc1C(=O)Nc1ccc(I)cc1. The summed E-state index contributed by atoms with van der Waals surface area (Å²) in [5.74, 6) is 0.105. The summed E-state index contributed by atoms with van der Waals surface area (Å²) >= 11 is 2.17. The zero-order valence-electron chi connectivity index (χ0n) is 15.4. The summed E-state index contributed by atoms with van der Waals surface area (Å²) in [5, 5.41) is 2.78. The standard InChI is InChI=1S/C18H21IN2O5S/c1-5-27(23,24)21(2)15-11-17(26-4)16(25-3)10-14(15)18(22)20-13-8-6-12(19)7-9-13/h6-11H,5H2,1-4H3,(H,20,22). The number of sulfonamides is 1. The smallest absolute Gasteiger partial charge is 0.257 e. The molecule has 1 amide bonds. The lowest BCUT2D eigenvalue weighted by molar-refractivity contribution is 0.102. The van der Waals surface area contributed by atoms with E-state index in [0.29, 0.717) is 17.2 Å². The summed E-state index contributed by atoms with van der Waals surface area (Å²) < 4.78 is 37.3. The van der Waals surface area contributed by atoms with Gasteiger partial charge in [0.1, 0.15) is 0 Å². The number of rotatable bonds is 7. The van der Waals surface area contributed by atoms with E-state index in [1.807, 2.05) is 12.1 Å². The van der Waals surface area contributed by atoms with Crippen molar-refractivity contribution in [3.8, 4) is 11.5 Å². The van der Waals surface area contributed by atoms with Crippen LogP contribution < -0.4 is 19.1 Å². The van der Waals surface area contributed by atoms with Crippen LogP contribution in [-0.2, 0) is 10.0 Å². The van der Waals surface area contributed by atoms with Crippen molar-refractivity contribution >= 4 is 49.9 Å². The van der Waals surface area contributed by atoms with Crippen LogP contribution in [0.25, 0.3) is 0 Å². The van der Waals surface area contributed by atoms with Crippen LogP contribution in [0.15, 0.2) is 36.4 Å². The first-order valence-electron chi connectivity index (χ1n) is 8.03. The lowest BCUT2D eigenvalue weighted by Crippen LogP contribution is -2.30. The number of carbonyl (C=O) groups excluding carboxylic acids is 1. The van der Waals surface area contributed by atoms with Crippen molar-refractivity contribution < 1.29 is 22.7 Å². The van der Waals surface area contributed by atoms with Crippen molar-refractivity contribution in [2.45, 2.75) is 6.92 Å². The van der Waals surface area contributed by atoms with E-state index in [0.717, 1.165) is 7.88 Å². The predicted molar refractivity (Wildman–Crippen MR) is 115 cm³/mol. The summed E-state index contributed by atoms with van der Waals surface area (Å²) in [4.78, 5) is 12.9. The lowest BCUT2D eigenvalue weighted by atomic mass is 10.1. The molecule has 146 valence electrons. The summed E-state index contributed by atoms with van der Waals surface area (Å²) in [7, 11) is 0.725. The van der Waals surface area contributed by atoms with Crippen molar-refractivity contribution in [3.63, 3.8) is 0 Å². The fourth-order valence-electron chi connectivity index (χ4n) is 2.39. The second kappa shape index (κ2) is 8.79. The van der Waals surface area contributed by atoms with Crippen molar-refractivity contribution in [1.82, 2.24) is 0 Å². The minimum atomic E-state index is -3.57. The quantitative estimate of drug-likeness (QED) is 0.585. The third-order valence-electron chi connectivity index (χ3n) is 3.97. The molecule has 0 fully saturated rings. The number of ether oxygens (including phenoxy) is 2. The molecule has 0 radical (unpaired) electrons. The summed E-state index contributed by atoms with van der Waals surface area (Å²) in [6.45, 7) is 1.54. The molecule has 0 aliphatic rings. The molecule has 0 saturated heterocycles. The number of amides is 1. The molecule has 1 N–H and O–H groups in total. The van der Waals surface area contributed by atoms with Crippen LogP contribution in [0.2, 0.25) is 0 Å². The van der Waals surface area contributed by atoms with Crippen molar-refractivity contribution in [3.05, 3.63) is 45.5 Å². The minimum absolute atomic E-state index is 0.101. The zero-order chi connectivity index (χ0) is 20.2. The molecule has 0 bridgehead atoms. The minimum Gasteiger partial charge on any atom is -0.493 e. The first kappa shape index (κ1) is 21.3. The number of hydrogen-bond donors (Lipinski definition) is 1. The van der Waals surface area contributed by atoms with Crippen LogP contribution >= 0.6 is 22.6 Å². The van der Waals surface area contributed by atoms with Gasteiger partial charge in [-0.15, -0.1) is 0 Å². The Labute approximate surface area is 172 Å².